The van der Waals surface area contributed by atoms with Gasteiger partial charge in [0.05, 0.1) is 5.69 Å². The molecule has 0 saturated heterocycles. The van der Waals surface area contributed by atoms with Crippen molar-refractivity contribution in [2.75, 3.05) is 0 Å². The van der Waals surface area contributed by atoms with E-state index in [0.717, 1.165) is 12.4 Å². The maximum atomic E-state index is 10.6. The van der Waals surface area contributed by atoms with Gasteiger partial charge in [0.1, 0.15) is 24.7 Å². The van der Waals surface area contributed by atoms with Crippen LogP contribution in [0.3, 0.4) is 0 Å². The van der Waals surface area contributed by atoms with Gasteiger partial charge in [-0.3, -0.25) is 4.79 Å². The number of carboxylic acid groups (broad SMARTS) is 1. The molecule has 0 aliphatic rings. The highest BCUT2D eigenvalue weighted by molar-refractivity contribution is 5.73. The van der Waals surface area contributed by atoms with Gasteiger partial charge in [0.2, 0.25) is 0 Å². The average Bonchev–Trinajstić information content (AvgIpc) is 2.99. The molecule has 0 bridgehead atoms. The number of aromatic nitrogens is 6. The van der Waals surface area contributed by atoms with Crippen LogP contribution >= 0.6 is 0 Å². The van der Waals surface area contributed by atoms with Gasteiger partial charge in [-0.25, -0.2) is 14.3 Å². The normalized spacial score (nSPS) is 12.5. The second-order valence-electron chi connectivity index (χ2n) is 4.05. The Morgan fingerprint density at radius 2 is 2.37 bits per heavy atom. The van der Waals surface area contributed by atoms with E-state index < -0.39 is 12.0 Å². The first-order chi connectivity index (χ1) is 9.10. The van der Waals surface area contributed by atoms with Crippen molar-refractivity contribution in [1.29, 1.82) is 0 Å². The fourth-order valence-corrected chi connectivity index (χ4v) is 1.64. The van der Waals surface area contributed by atoms with Crippen LogP contribution in [0.15, 0.2) is 12.5 Å². The third kappa shape index (κ3) is 3.13. The van der Waals surface area contributed by atoms with Gasteiger partial charge < -0.3 is 10.8 Å². The van der Waals surface area contributed by atoms with Crippen molar-refractivity contribution in [3.05, 3.63) is 24.0 Å². The number of carboxylic acids is 1. The maximum Gasteiger partial charge on any atom is 0.320 e. The van der Waals surface area contributed by atoms with Gasteiger partial charge in [-0.15, -0.1) is 5.10 Å². The molecule has 9 nitrogen and oxygen atoms in total. The molecule has 0 radical (unpaired) electrons. The molecule has 102 valence electrons. The van der Waals surface area contributed by atoms with E-state index >= 15 is 0 Å². The number of hydrogen-bond donors (Lipinski definition) is 2. The molecule has 2 aromatic rings. The smallest absolute Gasteiger partial charge is 0.320 e. The Bertz CT molecular complexity index is 562. The third-order valence-electron chi connectivity index (χ3n) is 2.63. The second kappa shape index (κ2) is 5.57. The summed E-state index contributed by atoms with van der Waals surface area (Å²) in [4.78, 5) is 14.8. The minimum atomic E-state index is -1.06. The van der Waals surface area contributed by atoms with Crippen molar-refractivity contribution < 1.29 is 9.90 Å². The second-order valence-corrected chi connectivity index (χ2v) is 4.05. The average molecular weight is 265 g/mol. The van der Waals surface area contributed by atoms with Gasteiger partial charge in [-0.1, -0.05) is 5.21 Å². The van der Waals surface area contributed by atoms with E-state index in [1.165, 1.54) is 6.33 Å². The number of hydrogen-bond acceptors (Lipinski definition) is 6. The highest BCUT2D eigenvalue weighted by Gasteiger charge is 2.14. The summed E-state index contributed by atoms with van der Waals surface area (Å²) in [5.41, 5.74) is 5.98. The predicted molar refractivity (Wildman–Crippen MR) is 64.1 cm³/mol. The molecule has 0 amide bonds. The Morgan fingerprint density at radius 1 is 1.58 bits per heavy atom. The van der Waals surface area contributed by atoms with E-state index in [4.69, 9.17) is 10.8 Å². The quantitative estimate of drug-likeness (QED) is 0.678. The number of rotatable bonds is 6. The van der Waals surface area contributed by atoms with Crippen molar-refractivity contribution in [2.45, 2.75) is 32.5 Å². The molecule has 3 N–H and O–H groups in total. The molecule has 19 heavy (non-hydrogen) atoms. The Labute approximate surface area is 109 Å². The Balaban J connectivity index is 2.03. The highest BCUT2D eigenvalue weighted by Crippen LogP contribution is 2.01. The van der Waals surface area contributed by atoms with Crippen LogP contribution in [0.5, 0.6) is 0 Å². The lowest BCUT2D eigenvalue weighted by molar-refractivity contribution is -0.138. The molecule has 0 aliphatic heterocycles. The lowest BCUT2D eigenvalue weighted by Gasteiger charge is -2.02. The van der Waals surface area contributed by atoms with Crippen molar-refractivity contribution in [2.24, 2.45) is 5.73 Å². The first kappa shape index (κ1) is 13.1. The van der Waals surface area contributed by atoms with Gasteiger partial charge in [0.25, 0.3) is 0 Å². The van der Waals surface area contributed by atoms with E-state index in [9.17, 15) is 4.79 Å². The molecule has 9 heteroatoms. The van der Waals surface area contributed by atoms with Crippen LogP contribution < -0.4 is 5.73 Å². The summed E-state index contributed by atoms with van der Waals surface area (Å²) in [6, 6.07) is -0.968. The van der Waals surface area contributed by atoms with E-state index in [-0.39, 0.29) is 6.42 Å². The molecule has 0 fully saturated rings. The first-order valence-electron chi connectivity index (χ1n) is 5.84. The standard InChI is InChI=1S/C10H15N7O2/c1-2-17-9(12-6-13-17)5-16-4-7(14-15-16)3-8(11)10(18)19/h4,6,8H,2-3,5,11H2,1H3,(H,18,19). The van der Waals surface area contributed by atoms with E-state index in [0.29, 0.717) is 12.2 Å². The molecule has 0 aromatic carbocycles. The van der Waals surface area contributed by atoms with Gasteiger partial charge in [0.15, 0.2) is 0 Å². The van der Waals surface area contributed by atoms with E-state index in [2.05, 4.69) is 20.4 Å². The van der Waals surface area contributed by atoms with Crippen LogP contribution in [0, 0.1) is 0 Å². The third-order valence-corrected chi connectivity index (χ3v) is 2.63. The molecular formula is C10H15N7O2. The number of aryl methyl sites for hydroxylation is 1. The van der Waals surface area contributed by atoms with E-state index in [1.807, 2.05) is 6.92 Å². The molecule has 0 spiro atoms. The SMILES string of the molecule is CCn1ncnc1Cn1cc(CC(N)C(=O)O)nn1. The monoisotopic (exact) mass is 265 g/mol. The van der Waals surface area contributed by atoms with Crippen LogP contribution in [0.2, 0.25) is 0 Å². The lowest BCUT2D eigenvalue weighted by atomic mass is 10.2. The van der Waals surface area contributed by atoms with Crippen molar-refractivity contribution in [3.63, 3.8) is 0 Å². The zero-order chi connectivity index (χ0) is 13.8. The zero-order valence-electron chi connectivity index (χ0n) is 10.5. The molecule has 0 saturated carbocycles. The number of aliphatic carboxylic acids is 1. The summed E-state index contributed by atoms with van der Waals surface area (Å²) in [6.07, 6.45) is 3.30. The first-order valence-corrected chi connectivity index (χ1v) is 5.84. The Kier molecular flexibility index (Phi) is 3.85. The van der Waals surface area contributed by atoms with Gasteiger partial charge >= 0.3 is 5.97 Å². The Morgan fingerprint density at radius 3 is 3.05 bits per heavy atom. The molecule has 1 unspecified atom stereocenters. The van der Waals surface area contributed by atoms with Crippen LogP contribution in [0.25, 0.3) is 0 Å². The molecular weight excluding hydrogens is 250 g/mol. The largest absolute Gasteiger partial charge is 0.480 e. The van der Waals surface area contributed by atoms with Crippen molar-refractivity contribution in [3.8, 4) is 0 Å². The van der Waals surface area contributed by atoms with Gasteiger partial charge in [-0.05, 0) is 6.92 Å². The fraction of sp³-hybridized carbons (Fsp3) is 0.500. The number of carbonyl (C=O) groups is 1. The van der Waals surface area contributed by atoms with Crippen LogP contribution in [0.1, 0.15) is 18.4 Å². The number of nitrogens with two attached hydrogens (primary N) is 1. The summed E-state index contributed by atoms with van der Waals surface area (Å²) in [5, 5.41) is 20.6. The van der Waals surface area contributed by atoms with Gasteiger partial charge in [-0.2, -0.15) is 5.10 Å². The topological polar surface area (TPSA) is 125 Å². The zero-order valence-corrected chi connectivity index (χ0v) is 10.5. The summed E-state index contributed by atoms with van der Waals surface area (Å²) in [7, 11) is 0. The lowest BCUT2D eigenvalue weighted by Crippen LogP contribution is -2.32. The fourth-order valence-electron chi connectivity index (χ4n) is 1.64. The minimum absolute atomic E-state index is 0.149. The summed E-state index contributed by atoms with van der Waals surface area (Å²) < 4.78 is 3.34. The summed E-state index contributed by atoms with van der Waals surface area (Å²) in [6.45, 7) is 3.13. The maximum absolute atomic E-state index is 10.6. The highest BCUT2D eigenvalue weighted by atomic mass is 16.4. The van der Waals surface area contributed by atoms with Crippen molar-refractivity contribution in [1.82, 2.24) is 29.8 Å². The predicted octanol–water partition coefficient (Wildman–Crippen LogP) is -1.11. The minimum Gasteiger partial charge on any atom is -0.480 e. The van der Waals surface area contributed by atoms with Crippen LogP contribution in [0.4, 0.5) is 0 Å². The number of nitrogens with zero attached hydrogens (tertiary/aromatic N) is 6. The molecule has 2 aromatic heterocycles. The van der Waals surface area contributed by atoms with Gasteiger partial charge in [0, 0.05) is 19.2 Å². The molecule has 1 atom stereocenters. The van der Waals surface area contributed by atoms with Crippen LogP contribution in [-0.2, 0) is 24.3 Å². The molecule has 2 heterocycles. The van der Waals surface area contributed by atoms with Crippen molar-refractivity contribution >= 4 is 5.97 Å². The summed E-state index contributed by atoms with van der Waals surface area (Å²) in [5.74, 6) is -0.290. The molecule has 0 aliphatic carbocycles. The molecule has 2 rings (SSSR count). The summed E-state index contributed by atoms with van der Waals surface area (Å²) >= 11 is 0. The Hall–Kier alpha value is -2.29. The van der Waals surface area contributed by atoms with E-state index in [1.54, 1.807) is 15.6 Å². The van der Waals surface area contributed by atoms with Crippen LogP contribution in [-0.4, -0.2) is 46.9 Å².